The fraction of sp³-hybridized carbons (Fsp3) is 0.545. The molecule has 1 heterocycles. The lowest BCUT2D eigenvalue weighted by Crippen LogP contribution is -2.39. The maximum absolute atomic E-state index is 11.9. The first-order valence-electron chi connectivity index (χ1n) is 5.74. The fourth-order valence-corrected chi connectivity index (χ4v) is 2.14. The summed E-state index contributed by atoms with van der Waals surface area (Å²) in [6, 6.07) is 2.68. The Kier molecular flexibility index (Phi) is 3.33. The highest BCUT2D eigenvalue weighted by Gasteiger charge is 2.30. The number of aromatic amines is 1. The van der Waals surface area contributed by atoms with Crippen molar-refractivity contribution in [2.45, 2.75) is 18.9 Å². The molecule has 98 valence electrons. The zero-order valence-electron chi connectivity index (χ0n) is 10.00. The van der Waals surface area contributed by atoms with Crippen LogP contribution in [0.4, 0.5) is 5.82 Å². The standard InChI is InChI=1S/C11H15N3O4/c1-13(6-7-4-8(15)5-7)11(16)9-2-3-10(12-9)14(17)18/h2-3,7-8,12,15H,4-6H2,1H3. The molecule has 0 aliphatic heterocycles. The minimum Gasteiger partial charge on any atom is -0.393 e. The van der Waals surface area contributed by atoms with Gasteiger partial charge in [0.2, 0.25) is 0 Å². The third-order valence-corrected chi connectivity index (χ3v) is 3.19. The van der Waals surface area contributed by atoms with E-state index < -0.39 is 4.92 Å². The number of hydrogen-bond acceptors (Lipinski definition) is 4. The molecule has 1 aliphatic carbocycles. The van der Waals surface area contributed by atoms with Gasteiger partial charge in [-0.2, -0.15) is 0 Å². The van der Waals surface area contributed by atoms with Crippen LogP contribution in [-0.2, 0) is 0 Å². The van der Waals surface area contributed by atoms with Crippen molar-refractivity contribution in [1.82, 2.24) is 9.88 Å². The Morgan fingerprint density at radius 1 is 1.61 bits per heavy atom. The van der Waals surface area contributed by atoms with E-state index >= 15 is 0 Å². The molecule has 0 aromatic carbocycles. The number of nitro groups is 1. The molecule has 18 heavy (non-hydrogen) atoms. The predicted molar refractivity (Wildman–Crippen MR) is 63.1 cm³/mol. The maximum atomic E-state index is 11.9. The summed E-state index contributed by atoms with van der Waals surface area (Å²) in [5.74, 6) is -0.144. The molecule has 0 radical (unpaired) electrons. The summed E-state index contributed by atoms with van der Waals surface area (Å²) in [6.45, 7) is 0.558. The largest absolute Gasteiger partial charge is 0.393 e. The predicted octanol–water partition coefficient (Wildman–Crippen LogP) is 0.766. The van der Waals surface area contributed by atoms with E-state index in [9.17, 15) is 14.9 Å². The second kappa shape index (κ2) is 4.77. The van der Waals surface area contributed by atoms with Crippen molar-refractivity contribution in [1.29, 1.82) is 0 Å². The molecule has 7 nitrogen and oxygen atoms in total. The average Bonchev–Trinajstić information content (AvgIpc) is 2.75. The highest BCUT2D eigenvalue weighted by Crippen LogP contribution is 2.27. The van der Waals surface area contributed by atoms with Crippen LogP contribution in [0.2, 0.25) is 0 Å². The van der Waals surface area contributed by atoms with Crippen molar-refractivity contribution in [2.24, 2.45) is 5.92 Å². The van der Waals surface area contributed by atoms with Crippen LogP contribution >= 0.6 is 0 Å². The first kappa shape index (κ1) is 12.6. The summed E-state index contributed by atoms with van der Waals surface area (Å²) in [6.07, 6.45) is 1.18. The highest BCUT2D eigenvalue weighted by molar-refractivity contribution is 5.92. The van der Waals surface area contributed by atoms with Crippen LogP contribution in [0.5, 0.6) is 0 Å². The fourth-order valence-electron chi connectivity index (χ4n) is 2.14. The Morgan fingerprint density at radius 3 is 2.78 bits per heavy atom. The molecule has 2 N–H and O–H groups in total. The Bertz CT molecular complexity index is 465. The molecule has 1 aliphatic rings. The zero-order valence-corrected chi connectivity index (χ0v) is 10.00. The molecule has 0 spiro atoms. The highest BCUT2D eigenvalue weighted by atomic mass is 16.6. The van der Waals surface area contributed by atoms with Crippen LogP contribution in [0.25, 0.3) is 0 Å². The first-order valence-corrected chi connectivity index (χ1v) is 5.74. The lowest BCUT2D eigenvalue weighted by molar-refractivity contribution is -0.389. The van der Waals surface area contributed by atoms with Crippen LogP contribution < -0.4 is 0 Å². The minimum atomic E-state index is -0.570. The molecule has 0 atom stereocenters. The quantitative estimate of drug-likeness (QED) is 0.611. The van der Waals surface area contributed by atoms with Gasteiger partial charge in [0.25, 0.3) is 5.91 Å². The van der Waals surface area contributed by atoms with E-state index in [1.54, 1.807) is 7.05 Å². The van der Waals surface area contributed by atoms with Gasteiger partial charge in [0.15, 0.2) is 5.69 Å². The SMILES string of the molecule is CN(CC1CC(O)C1)C(=O)c1ccc([N+](=O)[O-])[nH]1. The Labute approximate surface area is 104 Å². The molecule has 0 bridgehead atoms. The van der Waals surface area contributed by atoms with E-state index in [0.29, 0.717) is 25.3 Å². The molecular formula is C11H15N3O4. The topological polar surface area (TPSA) is 99.5 Å². The smallest absolute Gasteiger partial charge is 0.321 e. The van der Waals surface area contributed by atoms with Crippen molar-refractivity contribution in [3.63, 3.8) is 0 Å². The first-order chi connectivity index (χ1) is 8.47. The summed E-state index contributed by atoms with van der Waals surface area (Å²) in [5.41, 5.74) is 0.212. The van der Waals surface area contributed by atoms with E-state index in [2.05, 4.69) is 4.98 Å². The molecule has 1 aromatic rings. The van der Waals surface area contributed by atoms with Gasteiger partial charge in [-0.05, 0) is 29.7 Å². The van der Waals surface area contributed by atoms with Gasteiger partial charge < -0.3 is 20.1 Å². The summed E-state index contributed by atoms with van der Waals surface area (Å²) in [5, 5.41) is 19.7. The van der Waals surface area contributed by atoms with Gasteiger partial charge in [-0.3, -0.25) is 4.79 Å². The average molecular weight is 253 g/mol. The van der Waals surface area contributed by atoms with E-state index in [4.69, 9.17) is 5.11 Å². The van der Waals surface area contributed by atoms with Gasteiger partial charge >= 0.3 is 5.82 Å². The van der Waals surface area contributed by atoms with E-state index in [-0.39, 0.29) is 23.5 Å². The van der Waals surface area contributed by atoms with Gasteiger partial charge in [-0.25, -0.2) is 4.98 Å². The number of carbonyl (C=O) groups excluding carboxylic acids is 1. The third-order valence-electron chi connectivity index (χ3n) is 3.19. The minimum absolute atomic E-state index is 0.189. The number of nitrogens with one attached hydrogen (secondary N) is 1. The van der Waals surface area contributed by atoms with Crippen LogP contribution in [0.1, 0.15) is 23.3 Å². The number of aliphatic hydroxyl groups is 1. The number of rotatable bonds is 4. The molecular weight excluding hydrogens is 238 g/mol. The third kappa shape index (κ3) is 2.51. The van der Waals surface area contributed by atoms with Crippen LogP contribution in [-0.4, -0.2) is 45.5 Å². The number of nitrogens with zero attached hydrogens (tertiary/aromatic N) is 2. The van der Waals surface area contributed by atoms with Gasteiger partial charge in [-0.1, -0.05) is 0 Å². The molecule has 1 aromatic heterocycles. The number of hydrogen-bond donors (Lipinski definition) is 2. The lowest BCUT2D eigenvalue weighted by atomic mass is 9.82. The molecule has 0 unspecified atom stereocenters. The summed E-state index contributed by atoms with van der Waals surface area (Å²) >= 11 is 0. The number of carbonyl (C=O) groups is 1. The number of amides is 1. The van der Waals surface area contributed by atoms with Crippen molar-refractivity contribution in [3.8, 4) is 0 Å². The van der Waals surface area contributed by atoms with Crippen molar-refractivity contribution in [2.75, 3.05) is 13.6 Å². The summed E-state index contributed by atoms with van der Waals surface area (Å²) < 4.78 is 0. The Hall–Kier alpha value is -1.89. The number of aliphatic hydroxyl groups excluding tert-OH is 1. The van der Waals surface area contributed by atoms with Gasteiger partial charge in [0, 0.05) is 19.7 Å². The van der Waals surface area contributed by atoms with Crippen molar-refractivity contribution >= 4 is 11.7 Å². The number of H-pyrrole nitrogens is 1. The van der Waals surface area contributed by atoms with Crippen LogP contribution in [0, 0.1) is 16.0 Å². The van der Waals surface area contributed by atoms with Crippen LogP contribution in [0.15, 0.2) is 12.1 Å². The normalized spacial score (nSPS) is 22.3. The van der Waals surface area contributed by atoms with Crippen molar-refractivity contribution in [3.05, 3.63) is 27.9 Å². The lowest BCUT2D eigenvalue weighted by Gasteiger charge is -2.34. The molecule has 1 amide bonds. The van der Waals surface area contributed by atoms with Crippen LogP contribution in [0.3, 0.4) is 0 Å². The van der Waals surface area contributed by atoms with Gasteiger partial charge in [0.05, 0.1) is 6.10 Å². The molecule has 1 fully saturated rings. The monoisotopic (exact) mass is 253 g/mol. The number of aromatic nitrogens is 1. The molecule has 7 heteroatoms. The van der Waals surface area contributed by atoms with Gasteiger partial charge in [0.1, 0.15) is 0 Å². The maximum Gasteiger partial charge on any atom is 0.321 e. The zero-order chi connectivity index (χ0) is 13.3. The molecule has 1 saturated carbocycles. The summed E-state index contributed by atoms with van der Waals surface area (Å²) in [4.78, 5) is 25.9. The summed E-state index contributed by atoms with van der Waals surface area (Å²) in [7, 11) is 1.65. The second-order valence-electron chi connectivity index (χ2n) is 4.69. The van der Waals surface area contributed by atoms with E-state index in [1.807, 2.05) is 0 Å². The van der Waals surface area contributed by atoms with Crippen molar-refractivity contribution < 1.29 is 14.8 Å². The Morgan fingerprint density at radius 2 is 2.28 bits per heavy atom. The Balaban J connectivity index is 1.94. The van der Waals surface area contributed by atoms with E-state index in [0.717, 1.165) is 0 Å². The van der Waals surface area contributed by atoms with Gasteiger partial charge in [-0.15, -0.1) is 0 Å². The second-order valence-corrected chi connectivity index (χ2v) is 4.69. The van der Waals surface area contributed by atoms with E-state index in [1.165, 1.54) is 17.0 Å². The molecule has 0 saturated heterocycles. The molecule has 2 rings (SSSR count).